The number of nitrogens with two attached hydrogens (primary N) is 1. The Balaban J connectivity index is 1.86. The Kier molecular flexibility index (Phi) is 3.48. The minimum atomic E-state index is -0.243. The monoisotopic (exact) mass is 285 g/mol. The van der Waals surface area contributed by atoms with Crippen molar-refractivity contribution in [2.24, 2.45) is 0 Å². The highest BCUT2D eigenvalue weighted by Gasteiger charge is 2.11. The molecule has 0 bridgehead atoms. The summed E-state index contributed by atoms with van der Waals surface area (Å²) in [6.07, 6.45) is 0. The number of hydrogen-bond acceptors (Lipinski definition) is 4. The molecule has 0 aliphatic rings. The molecule has 0 amide bonds. The Hall–Kier alpha value is -2.56. The summed E-state index contributed by atoms with van der Waals surface area (Å²) >= 11 is 0. The van der Waals surface area contributed by atoms with Crippen molar-refractivity contribution in [3.63, 3.8) is 0 Å². The Morgan fingerprint density at radius 1 is 1.19 bits per heavy atom. The van der Waals surface area contributed by atoms with Gasteiger partial charge in [-0.1, -0.05) is 0 Å². The van der Waals surface area contributed by atoms with Gasteiger partial charge in [-0.2, -0.15) is 0 Å². The molecule has 1 heterocycles. The molecule has 0 saturated heterocycles. The van der Waals surface area contributed by atoms with Gasteiger partial charge in [-0.3, -0.25) is 0 Å². The molecule has 108 valence electrons. The van der Waals surface area contributed by atoms with Gasteiger partial charge in [0.2, 0.25) is 5.89 Å². The van der Waals surface area contributed by atoms with Crippen LogP contribution in [0.25, 0.3) is 11.1 Å². The lowest BCUT2D eigenvalue weighted by Gasteiger charge is -2.21. The summed E-state index contributed by atoms with van der Waals surface area (Å²) < 4.78 is 18.7. The van der Waals surface area contributed by atoms with Gasteiger partial charge in [-0.15, -0.1) is 0 Å². The normalized spacial score (nSPS) is 11.0. The van der Waals surface area contributed by atoms with Crippen molar-refractivity contribution >= 4 is 22.5 Å². The Labute approximate surface area is 122 Å². The maximum atomic E-state index is 13.0. The number of rotatable bonds is 4. The predicted molar refractivity (Wildman–Crippen MR) is 81.5 cm³/mol. The second kappa shape index (κ2) is 5.44. The number of fused-ring (bicyclic) bond motifs is 1. The van der Waals surface area contributed by atoms with E-state index in [2.05, 4.69) is 9.88 Å². The fraction of sp³-hybridized carbons (Fsp3) is 0.188. The second-order valence-electron chi connectivity index (χ2n) is 4.83. The summed E-state index contributed by atoms with van der Waals surface area (Å²) in [6.45, 7) is 3.33. The van der Waals surface area contributed by atoms with Gasteiger partial charge < -0.3 is 15.1 Å². The van der Waals surface area contributed by atoms with E-state index >= 15 is 0 Å². The summed E-state index contributed by atoms with van der Waals surface area (Å²) in [4.78, 5) is 6.51. The molecule has 0 aliphatic heterocycles. The zero-order chi connectivity index (χ0) is 14.8. The van der Waals surface area contributed by atoms with Gasteiger partial charge in [0.05, 0.1) is 6.54 Å². The molecule has 4 nitrogen and oxygen atoms in total. The molecular formula is C16H16FN3O. The highest BCUT2D eigenvalue weighted by Crippen LogP contribution is 2.22. The first-order valence-electron chi connectivity index (χ1n) is 6.81. The lowest BCUT2D eigenvalue weighted by atomic mass is 10.3. The molecule has 1 aromatic heterocycles. The van der Waals surface area contributed by atoms with E-state index in [1.165, 1.54) is 12.1 Å². The molecule has 2 N–H and O–H groups in total. The first kappa shape index (κ1) is 13.4. The molecule has 0 saturated carbocycles. The standard InChI is InChI=1S/C16H16FN3O/c1-2-20(13-6-3-11(17)4-7-13)10-16-19-14-8-5-12(18)9-15(14)21-16/h3-9H,2,10,18H2,1H3. The number of halogens is 1. The molecule has 0 atom stereocenters. The minimum Gasteiger partial charge on any atom is -0.439 e. The van der Waals surface area contributed by atoms with Crippen LogP contribution in [-0.4, -0.2) is 11.5 Å². The Morgan fingerprint density at radius 2 is 1.95 bits per heavy atom. The molecule has 0 unspecified atom stereocenters. The largest absolute Gasteiger partial charge is 0.439 e. The van der Waals surface area contributed by atoms with Gasteiger partial charge in [0.25, 0.3) is 0 Å². The summed E-state index contributed by atoms with van der Waals surface area (Å²) in [5.74, 6) is 0.369. The summed E-state index contributed by atoms with van der Waals surface area (Å²) in [5.41, 5.74) is 8.78. The lowest BCUT2D eigenvalue weighted by Crippen LogP contribution is -2.22. The molecule has 3 aromatic rings. The molecule has 0 radical (unpaired) electrons. The van der Waals surface area contributed by atoms with Gasteiger partial charge in [0.15, 0.2) is 5.58 Å². The lowest BCUT2D eigenvalue weighted by molar-refractivity contribution is 0.521. The van der Waals surface area contributed by atoms with Crippen LogP contribution >= 0.6 is 0 Å². The molecule has 0 fully saturated rings. The summed E-state index contributed by atoms with van der Waals surface area (Å²) in [7, 11) is 0. The molecule has 0 aliphatic carbocycles. The second-order valence-corrected chi connectivity index (χ2v) is 4.83. The molecule has 0 spiro atoms. The quantitative estimate of drug-likeness (QED) is 0.744. The minimum absolute atomic E-state index is 0.243. The van der Waals surface area contributed by atoms with Gasteiger partial charge in [0, 0.05) is 24.0 Å². The Morgan fingerprint density at radius 3 is 2.67 bits per heavy atom. The molecule has 3 rings (SSSR count). The van der Waals surface area contributed by atoms with E-state index in [1.54, 1.807) is 24.3 Å². The van der Waals surface area contributed by atoms with E-state index in [9.17, 15) is 4.39 Å². The third kappa shape index (κ3) is 2.81. The van der Waals surface area contributed by atoms with Crippen LogP contribution < -0.4 is 10.6 Å². The third-order valence-electron chi connectivity index (χ3n) is 3.36. The summed E-state index contributed by atoms with van der Waals surface area (Å²) in [6, 6.07) is 11.8. The maximum Gasteiger partial charge on any atom is 0.215 e. The average molecular weight is 285 g/mol. The molecule has 21 heavy (non-hydrogen) atoms. The predicted octanol–water partition coefficient (Wildman–Crippen LogP) is 3.58. The van der Waals surface area contributed by atoms with Gasteiger partial charge in [-0.25, -0.2) is 9.37 Å². The zero-order valence-electron chi connectivity index (χ0n) is 11.7. The van der Waals surface area contributed by atoms with Crippen LogP contribution in [-0.2, 0) is 6.54 Å². The van der Waals surface area contributed by atoms with Crippen LogP contribution in [0.4, 0.5) is 15.8 Å². The smallest absolute Gasteiger partial charge is 0.215 e. The molecular weight excluding hydrogens is 269 g/mol. The van der Waals surface area contributed by atoms with E-state index in [4.69, 9.17) is 10.2 Å². The average Bonchev–Trinajstić information content (AvgIpc) is 2.87. The number of oxazole rings is 1. The van der Waals surface area contributed by atoms with Crippen molar-refractivity contribution < 1.29 is 8.81 Å². The van der Waals surface area contributed by atoms with E-state index in [1.807, 2.05) is 13.0 Å². The number of hydrogen-bond donors (Lipinski definition) is 1. The van der Waals surface area contributed by atoms with E-state index < -0.39 is 0 Å². The first-order chi connectivity index (χ1) is 10.2. The fourth-order valence-corrected chi connectivity index (χ4v) is 2.26. The number of nitrogen functional groups attached to an aromatic ring is 1. The Bertz CT molecular complexity index is 752. The van der Waals surface area contributed by atoms with Gasteiger partial charge >= 0.3 is 0 Å². The SMILES string of the molecule is CCN(Cc1nc2ccc(N)cc2o1)c1ccc(F)cc1. The number of benzene rings is 2. The maximum absolute atomic E-state index is 13.0. The van der Waals surface area contributed by atoms with Gasteiger partial charge in [-0.05, 0) is 43.3 Å². The van der Waals surface area contributed by atoms with Crippen LogP contribution in [0.15, 0.2) is 46.9 Å². The van der Waals surface area contributed by atoms with Crippen LogP contribution in [0.5, 0.6) is 0 Å². The van der Waals surface area contributed by atoms with Crippen molar-refractivity contribution in [2.75, 3.05) is 17.2 Å². The molecule has 2 aromatic carbocycles. The highest BCUT2D eigenvalue weighted by molar-refractivity contribution is 5.76. The van der Waals surface area contributed by atoms with Crippen molar-refractivity contribution in [1.29, 1.82) is 0 Å². The van der Waals surface area contributed by atoms with Crippen LogP contribution in [0.2, 0.25) is 0 Å². The van der Waals surface area contributed by atoms with E-state index in [0.29, 0.717) is 23.7 Å². The number of nitrogens with zero attached hydrogens (tertiary/aromatic N) is 2. The van der Waals surface area contributed by atoms with Crippen molar-refractivity contribution in [2.45, 2.75) is 13.5 Å². The fourth-order valence-electron chi connectivity index (χ4n) is 2.26. The van der Waals surface area contributed by atoms with Crippen molar-refractivity contribution in [1.82, 2.24) is 4.98 Å². The zero-order valence-corrected chi connectivity index (χ0v) is 11.7. The van der Waals surface area contributed by atoms with Crippen LogP contribution in [0.3, 0.4) is 0 Å². The van der Waals surface area contributed by atoms with Crippen LogP contribution in [0.1, 0.15) is 12.8 Å². The van der Waals surface area contributed by atoms with Crippen molar-refractivity contribution in [3.8, 4) is 0 Å². The molecule has 5 heteroatoms. The number of anilines is 2. The van der Waals surface area contributed by atoms with Crippen molar-refractivity contribution in [3.05, 3.63) is 54.2 Å². The van der Waals surface area contributed by atoms with Crippen LogP contribution in [0, 0.1) is 5.82 Å². The van der Waals surface area contributed by atoms with E-state index in [0.717, 1.165) is 17.7 Å². The third-order valence-corrected chi connectivity index (χ3v) is 3.36. The first-order valence-corrected chi connectivity index (χ1v) is 6.81. The van der Waals surface area contributed by atoms with Gasteiger partial charge in [0.1, 0.15) is 11.3 Å². The summed E-state index contributed by atoms with van der Waals surface area (Å²) in [5, 5.41) is 0. The highest BCUT2D eigenvalue weighted by atomic mass is 19.1. The topological polar surface area (TPSA) is 55.3 Å². The number of aromatic nitrogens is 1. The van der Waals surface area contributed by atoms with E-state index in [-0.39, 0.29) is 5.82 Å².